The summed E-state index contributed by atoms with van der Waals surface area (Å²) in [6.45, 7) is 3.65. The molecule has 2 heterocycles. The van der Waals surface area contributed by atoms with Crippen LogP contribution in [0.1, 0.15) is 52.4 Å². The number of rotatable bonds is 12. The normalized spacial score (nSPS) is 41.4. The van der Waals surface area contributed by atoms with E-state index in [1.807, 2.05) is 0 Å². The lowest BCUT2D eigenvalue weighted by molar-refractivity contribution is -0.366. The average molecular weight is 453 g/mol. The Hall–Kier alpha value is -0.400. The molecule has 0 aromatic rings. The zero-order valence-electron chi connectivity index (χ0n) is 18.7. The molecule has 0 radical (unpaired) electrons. The van der Waals surface area contributed by atoms with Crippen LogP contribution in [0, 0.1) is 0 Å². The molecule has 2 aliphatic rings. The van der Waals surface area contributed by atoms with Crippen molar-refractivity contribution in [3.8, 4) is 0 Å². The molecule has 0 unspecified atom stereocenters. The molecule has 2 rings (SSSR count). The molecule has 184 valence electrons. The molecule has 5 N–H and O–H groups in total. The molecule has 0 aliphatic carbocycles. The van der Waals surface area contributed by atoms with Crippen LogP contribution in [0.4, 0.5) is 0 Å². The highest BCUT2D eigenvalue weighted by Gasteiger charge is 2.51. The first-order valence-electron chi connectivity index (χ1n) is 11.3. The van der Waals surface area contributed by atoms with Crippen LogP contribution in [0.25, 0.3) is 0 Å². The third kappa shape index (κ3) is 7.04. The summed E-state index contributed by atoms with van der Waals surface area (Å²) in [5, 5.41) is 50.3. The minimum atomic E-state index is -1.52. The van der Waals surface area contributed by atoms with Crippen molar-refractivity contribution in [2.24, 2.45) is 0 Å². The fourth-order valence-electron chi connectivity index (χ4n) is 3.95. The summed E-state index contributed by atoms with van der Waals surface area (Å²) >= 11 is 0. The van der Waals surface area contributed by atoms with E-state index in [0.29, 0.717) is 6.61 Å². The van der Waals surface area contributed by atoms with Crippen molar-refractivity contribution in [1.82, 2.24) is 0 Å². The second-order valence-electron chi connectivity index (χ2n) is 8.34. The molecule has 0 aromatic heterocycles. The van der Waals surface area contributed by atoms with Gasteiger partial charge in [0.2, 0.25) is 0 Å². The maximum atomic E-state index is 10.5. The van der Waals surface area contributed by atoms with E-state index in [9.17, 15) is 25.5 Å². The molecule has 10 atom stereocenters. The minimum Gasteiger partial charge on any atom is -0.394 e. The lowest BCUT2D eigenvalue weighted by atomic mass is 9.97. The van der Waals surface area contributed by atoms with Crippen molar-refractivity contribution in [1.29, 1.82) is 0 Å². The summed E-state index contributed by atoms with van der Waals surface area (Å²) in [6, 6.07) is 0. The van der Waals surface area contributed by atoms with E-state index in [2.05, 4.69) is 6.92 Å². The summed E-state index contributed by atoms with van der Waals surface area (Å²) in [5.41, 5.74) is 0. The minimum absolute atomic E-state index is 0.382. The summed E-state index contributed by atoms with van der Waals surface area (Å²) in [5.74, 6) is 0. The quantitative estimate of drug-likeness (QED) is 0.249. The number of aliphatic hydroxyl groups excluding tert-OH is 5. The van der Waals surface area contributed by atoms with Crippen molar-refractivity contribution in [3.63, 3.8) is 0 Å². The number of unbranched alkanes of at least 4 members (excludes halogenated alkanes) is 5. The first kappa shape index (κ1) is 26.8. The summed E-state index contributed by atoms with van der Waals surface area (Å²) in [6.07, 6.45) is -4.90. The molecule has 10 nitrogen and oxygen atoms in total. The van der Waals surface area contributed by atoms with E-state index < -0.39 is 68.0 Å². The van der Waals surface area contributed by atoms with Gasteiger partial charge in [0.1, 0.15) is 42.7 Å². The molecule has 31 heavy (non-hydrogen) atoms. The highest BCUT2D eigenvalue weighted by atomic mass is 16.8. The molecule has 10 heteroatoms. The van der Waals surface area contributed by atoms with Crippen molar-refractivity contribution >= 4 is 0 Å². The number of hydrogen-bond acceptors (Lipinski definition) is 10. The molecule has 0 amide bonds. The highest BCUT2D eigenvalue weighted by Crippen LogP contribution is 2.30. The zero-order chi connectivity index (χ0) is 23.0. The van der Waals surface area contributed by atoms with E-state index in [0.717, 1.165) is 19.3 Å². The van der Waals surface area contributed by atoms with Crippen molar-refractivity contribution in [2.45, 2.75) is 114 Å². The molecular weight excluding hydrogens is 412 g/mol. The second-order valence-corrected chi connectivity index (χ2v) is 8.34. The Labute approximate surface area is 184 Å². The van der Waals surface area contributed by atoms with Gasteiger partial charge in [0.05, 0.1) is 12.7 Å². The molecule has 0 bridgehead atoms. The van der Waals surface area contributed by atoms with E-state index in [-0.39, 0.29) is 0 Å². The van der Waals surface area contributed by atoms with Crippen molar-refractivity contribution < 1.29 is 49.2 Å². The molecule has 0 aromatic carbocycles. The van der Waals surface area contributed by atoms with Gasteiger partial charge >= 0.3 is 0 Å². The summed E-state index contributed by atoms with van der Waals surface area (Å²) in [7, 11) is 1.38. The van der Waals surface area contributed by atoms with E-state index in [1.54, 1.807) is 6.92 Å². The first-order valence-corrected chi connectivity index (χ1v) is 11.3. The predicted molar refractivity (Wildman–Crippen MR) is 109 cm³/mol. The molecule has 0 saturated carbocycles. The predicted octanol–water partition coefficient (Wildman–Crippen LogP) is -0.331. The van der Waals surface area contributed by atoms with E-state index in [4.69, 9.17) is 23.7 Å². The molecule has 0 spiro atoms. The summed E-state index contributed by atoms with van der Waals surface area (Å²) in [4.78, 5) is 0. The van der Waals surface area contributed by atoms with Gasteiger partial charge in [-0.15, -0.1) is 0 Å². The summed E-state index contributed by atoms with van der Waals surface area (Å²) < 4.78 is 28.4. The van der Waals surface area contributed by atoms with Gasteiger partial charge in [0.25, 0.3) is 0 Å². The molecule has 2 saturated heterocycles. The Morgan fingerprint density at radius 1 is 0.774 bits per heavy atom. The SMILES string of the molecule is CCCCCCCCO[C@@H]1O[C@H](CO)[C@H](O)[C@H](OC)[C@H]1O[C@@H]1O[C@@H](C)[C@@H](O)[C@@H](O)[C@@H]1O. The fourth-order valence-corrected chi connectivity index (χ4v) is 3.95. The van der Waals surface area contributed by atoms with Crippen LogP contribution in [0.2, 0.25) is 0 Å². The van der Waals surface area contributed by atoms with E-state index in [1.165, 1.54) is 26.4 Å². The molecule has 2 aliphatic heterocycles. The van der Waals surface area contributed by atoms with Gasteiger partial charge in [-0.3, -0.25) is 0 Å². The topological polar surface area (TPSA) is 147 Å². The van der Waals surface area contributed by atoms with Gasteiger partial charge in [-0.1, -0.05) is 39.0 Å². The number of hydrogen-bond donors (Lipinski definition) is 5. The molecule has 2 fully saturated rings. The van der Waals surface area contributed by atoms with Gasteiger partial charge in [0, 0.05) is 13.7 Å². The number of methoxy groups -OCH3 is 1. The lowest BCUT2D eigenvalue weighted by Gasteiger charge is -2.46. The van der Waals surface area contributed by atoms with Crippen LogP contribution in [0.5, 0.6) is 0 Å². The van der Waals surface area contributed by atoms with Crippen LogP contribution in [-0.2, 0) is 23.7 Å². The largest absolute Gasteiger partial charge is 0.394 e. The van der Waals surface area contributed by atoms with Crippen molar-refractivity contribution in [3.05, 3.63) is 0 Å². The average Bonchev–Trinajstić information content (AvgIpc) is 2.76. The number of ether oxygens (including phenoxy) is 5. The van der Waals surface area contributed by atoms with Gasteiger partial charge in [-0.05, 0) is 13.3 Å². The standard InChI is InChI=1S/C21H40O10/c1-4-5-6-7-8-9-10-28-21-19(18(27-3)15(24)13(11-22)30-21)31-20-17(26)16(25)14(23)12(2)29-20/h12-26H,4-11H2,1-3H3/t12-,13+,14+,15-,16+,17-,18-,19+,20-,21+/m0/s1. The zero-order valence-corrected chi connectivity index (χ0v) is 18.7. The van der Waals surface area contributed by atoms with Crippen LogP contribution in [-0.4, -0.2) is 107 Å². The lowest BCUT2D eigenvalue weighted by Crippen LogP contribution is -2.64. The molecular formula is C21H40O10. The van der Waals surface area contributed by atoms with Crippen molar-refractivity contribution in [2.75, 3.05) is 20.3 Å². The maximum absolute atomic E-state index is 10.5. The Morgan fingerprint density at radius 3 is 2.10 bits per heavy atom. The van der Waals surface area contributed by atoms with Crippen LogP contribution in [0.15, 0.2) is 0 Å². The Morgan fingerprint density at radius 2 is 1.45 bits per heavy atom. The maximum Gasteiger partial charge on any atom is 0.187 e. The van der Waals surface area contributed by atoms with Gasteiger partial charge < -0.3 is 49.2 Å². The monoisotopic (exact) mass is 452 g/mol. The van der Waals surface area contributed by atoms with Gasteiger partial charge in [0.15, 0.2) is 12.6 Å². The Bertz CT molecular complexity index is 495. The van der Waals surface area contributed by atoms with Crippen LogP contribution >= 0.6 is 0 Å². The number of aliphatic hydroxyl groups is 5. The van der Waals surface area contributed by atoms with Gasteiger partial charge in [-0.2, -0.15) is 0 Å². The third-order valence-electron chi connectivity index (χ3n) is 5.95. The second kappa shape index (κ2) is 13.3. The highest BCUT2D eigenvalue weighted by molar-refractivity contribution is 4.93. The Balaban J connectivity index is 2.03. The smallest absolute Gasteiger partial charge is 0.187 e. The first-order chi connectivity index (χ1) is 14.8. The third-order valence-corrected chi connectivity index (χ3v) is 5.95. The van der Waals surface area contributed by atoms with Crippen LogP contribution in [0.3, 0.4) is 0 Å². The van der Waals surface area contributed by atoms with E-state index >= 15 is 0 Å². The fraction of sp³-hybridized carbons (Fsp3) is 1.00. The van der Waals surface area contributed by atoms with Gasteiger partial charge in [-0.25, -0.2) is 0 Å². The van der Waals surface area contributed by atoms with Crippen LogP contribution < -0.4 is 0 Å². The Kier molecular flexibility index (Phi) is 11.6.